The van der Waals surface area contributed by atoms with Crippen LogP contribution in [0.1, 0.15) is 82.5 Å². The number of urea groups is 1. The average molecular weight is 691 g/mol. The van der Waals surface area contributed by atoms with Crippen LogP contribution in [0.15, 0.2) is 47.4 Å². The van der Waals surface area contributed by atoms with Crippen molar-refractivity contribution in [1.29, 1.82) is 0 Å². The van der Waals surface area contributed by atoms with Crippen LogP contribution in [0.3, 0.4) is 0 Å². The lowest BCUT2D eigenvalue weighted by molar-refractivity contribution is -0.0123. The van der Waals surface area contributed by atoms with Crippen molar-refractivity contribution in [3.8, 4) is 5.75 Å². The number of fused-ring (bicyclic) bond motifs is 1. The Hall–Kier alpha value is -3.42. The summed E-state index contributed by atoms with van der Waals surface area (Å²) in [6.45, 7) is 6.29. The van der Waals surface area contributed by atoms with Crippen LogP contribution >= 0.6 is 0 Å². The Balaban J connectivity index is 1.61. The third-order valence-corrected chi connectivity index (χ3v) is 10.6. The Morgan fingerprint density at radius 3 is 2.44 bits per heavy atom. The molecule has 3 N–H and O–H groups in total. The lowest BCUT2D eigenvalue weighted by Gasteiger charge is -2.36. The summed E-state index contributed by atoms with van der Waals surface area (Å²) in [5.41, 5.74) is 0.257. The van der Waals surface area contributed by atoms with Crippen molar-refractivity contribution in [1.82, 2.24) is 15.1 Å². The Morgan fingerprint density at radius 1 is 1.06 bits per heavy atom. The summed E-state index contributed by atoms with van der Waals surface area (Å²) >= 11 is 0. The minimum atomic E-state index is -4.09. The molecular formula is C35H51FN4O7S. The summed E-state index contributed by atoms with van der Waals surface area (Å²) in [6, 6.07) is 8.38. The lowest BCUT2D eigenvalue weighted by Crippen LogP contribution is -2.50. The first-order valence-corrected chi connectivity index (χ1v) is 18.5. The molecule has 2 aliphatic rings. The first kappa shape index (κ1) is 37.4. The molecule has 11 nitrogen and oxygen atoms in total. The van der Waals surface area contributed by atoms with Crippen LogP contribution in [0.25, 0.3) is 0 Å². The first-order chi connectivity index (χ1) is 22.9. The Labute approximate surface area is 284 Å². The molecule has 13 heteroatoms. The number of rotatable bonds is 8. The van der Waals surface area contributed by atoms with Gasteiger partial charge in [0.25, 0.3) is 15.9 Å². The molecule has 4 atom stereocenters. The summed E-state index contributed by atoms with van der Waals surface area (Å²) in [4.78, 5) is 30.5. The molecule has 1 saturated carbocycles. The van der Waals surface area contributed by atoms with E-state index in [0.29, 0.717) is 25.3 Å². The van der Waals surface area contributed by atoms with Crippen LogP contribution in [0.2, 0.25) is 0 Å². The van der Waals surface area contributed by atoms with Gasteiger partial charge in [0.2, 0.25) is 0 Å². The molecule has 3 amide bonds. The summed E-state index contributed by atoms with van der Waals surface area (Å²) in [5, 5.41) is 13.4. The number of sulfonamides is 1. The van der Waals surface area contributed by atoms with Gasteiger partial charge in [-0.25, -0.2) is 17.6 Å². The third-order valence-electron chi connectivity index (χ3n) is 9.16. The van der Waals surface area contributed by atoms with Crippen molar-refractivity contribution in [2.75, 3.05) is 38.1 Å². The van der Waals surface area contributed by atoms with E-state index in [9.17, 15) is 27.5 Å². The number of anilines is 1. The molecule has 0 aromatic heterocycles. The fourth-order valence-electron chi connectivity index (χ4n) is 6.16. The number of amides is 3. The molecule has 1 aliphatic carbocycles. The van der Waals surface area contributed by atoms with Crippen LogP contribution in [0, 0.1) is 11.7 Å². The molecule has 2 aromatic rings. The van der Waals surface area contributed by atoms with Crippen molar-refractivity contribution in [3.05, 3.63) is 53.8 Å². The highest BCUT2D eigenvalue weighted by Crippen LogP contribution is 2.30. The Bertz CT molecular complexity index is 1470. The highest BCUT2D eigenvalue weighted by Gasteiger charge is 2.31. The maximum Gasteiger partial charge on any atom is 0.317 e. The first-order valence-electron chi connectivity index (χ1n) is 17.0. The van der Waals surface area contributed by atoms with E-state index >= 15 is 0 Å². The van der Waals surface area contributed by atoms with Gasteiger partial charge in [0.15, 0.2) is 0 Å². The molecule has 0 spiro atoms. The second-order valence-electron chi connectivity index (χ2n) is 13.2. The number of aliphatic hydroxyl groups is 1. The molecule has 266 valence electrons. The predicted molar refractivity (Wildman–Crippen MR) is 182 cm³/mol. The van der Waals surface area contributed by atoms with Gasteiger partial charge < -0.3 is 29.7 Å². The van der Waals surface area contributed by atoms with E-state index in [4.69, 9.17) is 9.47 Å². The minimum Gasteiger partial charge on any atom is -0.490 e. The number of halogens is 1. The molecule has 4 rings (SSSR count). The molecule has 0 radical (unpaired) electrons. The number of benzene rings is 2. The van der Waals surface area contributed by atoms with Gasteiger partial charge in [0, 0.05) is 44.4 Å². The topological polar surface area (TPSA) is 138 Å². The number of hydrogen-bond donors (Lipinski definition) is 3. The van der Waals surface area contributed by atoms with Crippen LogP contribution in [-0.4, -0.2) is 92.9 Å². The monoisotopic (exact) mass is 690 g/mol. The van der Waals surface area contributed by atoms with Gasteiger partial charge >= 0.3 is 6.03 Å². The van der Waals surface area contributed by atoms with Crippen molar-refractivity contribution in [2.24, 2.45) is 5.92 Å². The van der Waals surface area contributed by atoms with E-state index in [1.165, 1.54) is 18.6 Å². The SMILES string of the molecule is C[C@@H]1CN([C@@H](C)CO)C(=O)c2cc(NS(=O)(=O)c3ccc(F)cc3)ccc2O[C@@H](C)CCCCO[C@H]1CN(C)C(=O)NC1CCCCC1. The number of aliphatic hydroxyl groups excluding tert-OH is 1. The van der Waals surface area contributed by atoms with E-state index in [2.05, 4.69) is 10.0 Å². The predicted octanol–water partition coefficient (Wildman–Crippen LogP) is 5.40. The lowest BCUT2D eigenvalue weighted by atomic mass is 9.96. The Kier molecular flexibility index (Phi) is 13.5. The highest BCUT2D eigenvalue weighted by molar-refractivity contribution is 7.92. The van der Waals surface area contributed by atoms with Crippen molar-refractivity contribution >= 4 is 27.6 Å². The average Bonchev–Trinajstić information content (AvgIpc) is 3.06. The minimum absolute atomic E-state index is 0.125. The van der Waals surface area contributed by atoms with Gasteiger partial charge in [-0.05, 0) is 88.4 Å². The molecule has 48 heavy (non-hydrogen) atoms. The van der Waals surface area contributed by atoms with Crippen LogP contribution in [0.5, 0.6) is 5.75 Å². The molecule has 0 saturated heterocycles. The quantitative estimate of drug-likeness (QED) is 0.338. The van der Waals surface area contributed by atoms with E-state index in [-0.39, 0.29) is 53.4 Å². The van der Waals surface area contributed by atoms with Gasteiger partial charge in [0.1, 0.15) is 11.6 Å². The summed E-state index contributed by atoms with van der Waals surface area (Å²) < 4.78 is 54.7. The number of hydrogen-bond acceptors (Lipinski definition) is 7. The number of likely N-dealkylation sites (N-methyl/N-ethyl adjacent to an activating group) is 1. The van der Waals surface area contributed by atoms with Gasteiger partial charge in [-0.2, -0.15) is 0 Å². The smallest absolute Gasteiger partial charge is 0.317 e. The van der Waals surface area contributed by atoms with Crippen LogP contribution in [0.4, 0.5) is 14.9 Å². The Morgan fingerprint density at radius 2 is 1.75 bits per heavy atom. The van der Waals surface area contributed by atoms with Crippen molar-refractivity contribution < 1.29 is 37.0 Å². The number of carbonyl (C=O) groups is 2. The van der Waals surface area contributed by atoms with Gasteiger partial charge in [0.05, 0.1) is 35.3 Å². The molecule has 1 fully saturated rings. The van der Waals surface area contributed by atoms with E-state index in [0.717, 1.165) is 62.8 Å². The van der Waals surface area contributed by atoms with Gasteiger partial charge in [-0.15, -0.1) is 0 Å². The number of carbonyl (C=O) groups excluding carboxylic acids is 2. The third kappa shape index (κ3) is 10.3. The maximum absolute atomic E-state index is 14.3. The fourth-order valence-corrected chi connectivity index (χ4v) is 7.21. The molecule has 2 aromatic carbocycles. The summed E-state index contributed by atoms with van der Waals surface area (Å²) in [5.74, 6) is -0.956. The molecular weight excluding hydrogens is 639 g/mol. The van der Waals surface area contributed by atoms with E-state index in [1.807, 2.05) is 13.8 Å². The second-order valence-corrected chi connectivity index (χ2v) is 14.9. The fraction of sp³-hybridized carbons (Fsp3) is 0.600. The van der Waals surface area contributed by atoms with E-state index in [1.54, 1.807) is 29.8 Å². The molecule has 1 aliphatic heterocycles. The summed E-state index contributed by atoms with van der Waals surface area (Å²) in [6.07, 6.45) is 7.00. The van der Waals surface area contributed by atoms with Crippen LogP contribution in [-0.2, 0) is 14.8 Å². The van der Waals surface area contributed by atoms with Crippen LogP contribution < -0.4 is 14.8 Å². The highest BCUT2D eigenvalue weighted by atomic mass is 32.2. The molecule has 0 bridgehead atoms. The van der Waals surface area contributed by atoms with Gasteiger partial charge in [-0.3, -0.25) is 9.52 Å². The standard InChI is InChI=1S/C35H51FN4O7S/c1-24-21-40(25(2)23-41)34(42)31-20-29(38-48(44,45)30-16-13-27(36)14-17-30)15-18-32(31)47-26(3)10-8-9-19-46-33(24)22-39(4)35(43)37-28-11-6-5-7-12-28/h13-18,20,24-26,28,33,38,41H,5-12,19,21-23H2,1-4H3,(H,37,43)/t24-,25+,26+,33+/m1/s1. The maximum atomic E-state index is 14.3. The zero-order chi connectivity index (χ0) is 34.8. The molecule has 0 unspecified atom stereocenters. The second kappa shape index (κ2) is 17.3. The summed E-state index contributed by atoms with van der Waals surface area (Å²) in [7, 11) is -2.34. The van der Waals surface area contributed by atoms with Crippen molar-refractivity contribution in [3.63, 3.8) is 0 Å². The number of nitrogens with one attached hydrogen (secondary N) is 2. The molecule has 1 heterocycles. The van der Waals surface area contributed by atoms with Gasteiger partial charge in [-0.1, -0.05) is 26.2 Å². The zero-order valence-corrected chi connectivity index (χ0v) is 29.3. The van der Waals surface area contributed by atoms with E-state index < -0.39 is 33.9 Å². The normalized spacial score (nSPS) is 22.5. The zero-order valence-electron chi connectivity index (χ0n) is 28.5. The largest absolute Gasteiger partial charge is 0.490 e. The number of nitrogens with zero attached hydrogens (tertiary/aromatic N) is 2. The van der Waals surface area contributed by atoms with Crippen molar-refractivity contribution in [2.45, 2.75) is 101 Å². The number of ether oxygens (including phenoxy) is 2.